The van der Waals surface area contributed by atoms with Crippen molar-refractivity contribution in [1.82, 2.24) is 10.7 Å². The SMILES string of the molecule is O=C(CNC(=O)c1ccco1)N/N=C/c1cc(Br)cc(Br)c1OC(=O)c1ccco1. The number of benzene rings is 1. The second-order valence-corrected chi connectivity index (χ2v) is 7.40. The molecule has 30 heavy (non-hydrogen) atoms. The van der Waals surface area contributed by atoms with Crippen LogP contribution in [-0.2, 0) is 4.79 Å². The Balaban J connectivity index is 1.63. The molecule has 0 unspecified atom stereocenters. The predicted octanol–water partition coefficient (Wildman–Crippen LogP) is 3.50. The number of ether oxygens (including phenoxy) is 1. The summed E-state index contributed by atoms with van der Waals surface area (Å²) in [5.41, 5.74) is 2.67. The first-order valence-corrected chi connectivity index (χ1v) is 9.91. The summed E-state index contributed by atoms with van der Waals surface area (Å²) in [5.74, 6) is -1.47. The van der Waals surface area contributed by atoms with E-state index in [1.807, 2.05) is 0 Å². The molecule has 2 amide bonds. The van der Waals surface area contributed by atoms with Crippen molar-refractivity contribution < 1.29 is 28.0 Å². The minimum absolute atomic E-state index is 0.0355. The van der Waals surface area contributed by atoms with E-state index in [0.29, 0.717) is 14.5 Å². The number of hydrogen-bond acceptors (Lipinski definition) is 7. The Hall–Kier alpha value is -3.18. The largest absolute Gasteiger partial charge is 0.459 e. The van der Waals surface area contributed by atoms with Gasteiger partial charge in [0.15, 0.2) is 11.5 Å². The number of esters is 1. The van der Waals surface area contributed by atoms with Crippen LogP contribution < -0.4 is 15.5 Å². The van der Waals surface area contributed by atoms with Gasteiger partial charge in [0, 0.05) is 10.0 Å². The van der Waals surface area contributed by atoms with Gasteiger partial charge in [-0.1, -0.05) is 15.9 Å². The number of furan rings is 2. The van der Waals surface area contributed by atoms with Crippen molar-refractivity contribution in [3.8, 4) is 5.75 Å². The zero-order chi connectivity index (χ0) is 21.5. The summed E-state index contributed by atoms with van der Waals surface area (Å²) in [4.78, 5) is 35.8. The first-order valence-electron chi connectivity index (χ1n) is 8.32. The molecule has 3 rings (SSSR count). The average Bonchev–Trinajstić information content (AvgIpc) is 3.42. The van der Waals surface area contributed by atoms with Crippen LogP contribution in [0.4, 0.5) is 0 Å². The maximum atomic E-state index is 12.2. The van der Waals surface area contributed by atoms with E-state index in [4.69, 9.17) is 13.6 Å². The fourth-order valence-electron chi connectivity index (χ4n) is 2.19. The Morgan fingerprint density at radius 1 is 1.07 bits per heavy atom. The van der Waals surface area contributed by atoms with Crippen LogP contribution in [0.3, 0.4) is 0 Å². The van der Waals surface area contributed by atoms with E-state index in [-0.39, 0.29) is 23.8 Å². The zero-order valence-corrected chi connectivity index (χ0v) is 18.2. The molecule has 1 aromatic carbocycles. The molecule has 0 bridgehead atoms. The van der Waals surface area contributed by atoms with Crippen LogP contribution >= 0.6 is 31.9 Å². The quantitative estimate of drug-likeness (QED) is 0.205. The van der Waals surface area contributed by atoms with Crippen molar-refractivity contribution >= 4 is 55.9 Å². The number of carbonyl (C=O) groups excluding carboxylic acids is 3. The van der Waals surface area contributed by atoms with Gasteiger partial charge in [0.25, 0.3) is 11.8 Å². The molecule has 154 valence electrons. The summed E-state index contributed by atoms with van der Waals surface area (Å²) in [7, 11) is 0. The third kappa shape index (κ3) is 5.67. The Labute approximate surface area is 186 Å². The molecule has 9 nitrogen and oxygen atoms in total. The molecule has 2 N–H and O–H groups in total. The van der Waals surface area contributed by atoms with Crippen LogP contribution in [0.2, 0.25) is 0 Å². The molecule has 0 radical (unpaired) electrons. The number of hydrazone groups is 1. The maximum Gasteiger partial charge on any atom is 0.379 e. The molecule has 0 saturated carbocycles. The Morgan fingerprint density at radius 2 is 1.77 bits per heavy atom. The smallest absolute Gasteiger partial charge is 0.379 e. The van der Waals surface area contributed by atoms with Crippen molar-refractivity contribution in [3.05, 3.63) is 75.0 Å². The highest BCUT2D eigenvalue weighted by atomic mass is 79.9. The zero-order valence-electron chi connectivity index (χ0n) is 15.1. The second kappa shape index (κ2) is 10.0. The van der Waals surface area contributed by atoms with Crippen LogP contribution in [0.15, 0.2) is 71.8 Å². The van der Waals surface area contributed by atoms with Gasteiger partial charge in [0.1, 0.15) is 0 Å². The van der Waals surface area contributed by atoms with Gasteiger partial charge in [-0.2, -0.15) is 5.10 Å². The lowest BCUT2D eigenvalue weighted by Gasteiger charge is -2.09. The Morgan fingerprint density at radius 3 is 2.43 bits per heavy atom. The summed E-state index contributed by atoms with van der Waals surface area (Å²) in [6, 6.07) is 9.40. The number of carbonyl (C=O) groups is 3. The second-order valence-electron chi connectivity index (χ2n) is 5.63. The highest BCUT2D eigenvalue weighted by Gasteiger charge is 2.17. The Kier molecular flexibility index (Phi) is 7.20. The Bertz CT molecular complexity index is 1080. The molecule has 0 spiro atoms. The maximum absolute atomic E-state index is 12.2. The standard InChI is InChI=1S/C19H13Br2N3O6/c20-12-7-11(17(13(21)8-12)30-19(27)15-4-2-6-29-15)9-23-24-16(25)10-22-18(26)14-3-1-5-28-14/h1-9H,10H2,(H,22,26)(H,24,25)/b23-9+. The molecular formula is C19H13Br2N3O6. The lowest BCUT2D eigenvalue weighted by atomic mass is 10.2. The fourth-order valence-corrected chi connectivity index (χ4v) is 3.53. The first-order chi connectivity index (χ1) is 14.4. The number of nitrogens with zero attached hydrogens (tertiary/aromatic N) is 1. The number of halogens is 2. The number of amides is 2. The topological polar surface area (TPSA) is 123 Å². The minimum Gasteiger partial charge on any atom is -0.459 e. The summed E-state index contributed by atoms with van der Waals surface area (Å²) >= 11 is 6.67. The van der Waals surface area contributed by atoms with E-state index in [0.717, 1.165) is 0 Å². The van der Waals surface area contributed by atoms with E-state index in [9.17, 15) is 14.4 Å². The van der Waals surface area contributed by atoms with Crippen molar-refractivity contribution in [2.45, 2.75) is 0 Å². The normalized spacial score (nSPS) is 10.7. The highest BCUT2D eigenvalue weighted by Crippen LogP contribution is 2.32. The van der Waals surface area contributed by atoms with Gasteiger partial charge >= 0.3 is 5.97 Å². The van der Waals surface area contributed by atoms with E-state index >= 15 is 0 Å². The van der Waals surface area contributed by atoms with E-state index in [1.165, 1.54) is 30.9 Å². The predicted molar refractivity (Wildman–Crippen MR) is 112 cm³/mol. The van der Waals surface area contributed by atoms with Crippen LogP contribution in [-0.4, -0.2) is 30.5 Å². The van der Waals surface area contributed by atoms with E-state index in [2.05, 4.69) is 47.7 Å². The monoisotopic (exact) mass is 537 g/mol. The molecule has 0 saturated heterocycles. The molecule has 3 aromatic rings. The fraction of sp³-hybridized carbons (Fsp3) is 0.0526. The third-order valence-electron chi connectivity index (χ3n) is 3.50. The van der Waals surface area contributed by atoms with Gasteiger partial charge in [0.2, 0.25) is 5.76 Å². The van der Waals surface area contributed by atoms with Crippen LogP contribution in [0.1, 0.15) is 26.7 Å². The van der Waals surface area contributed by atoms with Gasteiger partial charge in [-0.25, -0.2) is 10.2 Å². The van der Waals surface area contributed by atoms with Gasteiger partial charge in [-0.3, -0.25) is 9.59 Å². The van der Waals surface area contributed by atoms with Crippen molar-refractivity contribution in [2.75, 3.05) is 6.54 Å². The van der Waals surface area contributed by atoms with Gasteiger partial charge < -0.3 is 18.9 Å². The van der Waals surface area contributed by atoms with Crippen molar-refractivity contribution in [3.63, 3.8) is 0 Å². The molecule has 2 heterocycles. The van der Waals surface area contributed by atoms with Crippen molar-refractivity contribution in [2.24, 2.45) is 5.10 Å². The number of hydrogen-bond donors (Lipinski definition) is 2. The van der Waals surface area contributed by atoms with Crippen LogP contribution in [0.5, 0.6) is 5.75 Å². The molecular weight excluding hydrogens is 526 g/mol. The lowest BCUT2D eigenvalue weighted by Crippen LogP contribution is -2.34. The average molecular weight is 539 g/mol. The molecule has 0 aliphatic heterocycles. The van der Waals surface area contributed by atoms with Gasteiger partial charge in [-0.15, -0.1) is 0 Å². The number of rotatable bonds is 7. The molecule has 0 fully saturated rings. The summed E-state index contributed by atoms with van der Waals surface area (Å²) in [6.45, 7) is -0.306. The van der Waals surface area contributed by atoms with Crippen LogP contribution in [0, 0.1) is 0 Å². The molecule has 11 heteroatoms. The third-order valence-corrected chi connectivity index (χ3v) is 4.55. The first kappa shape index (κ1) is 21.5. The molecule has 0 aliphatic carbocycles. The van der Waals surface area contributed by atoms with Gasteiger partial charge in [-0.05, 0) is 52.3 Å². The number of nitrogens with one attached hydrogen (secondary N) is 2. The van der Waals surface area contributed by atoms with E-state index < -0.39 is 17.8 Å². The summed E-state index contributed by atoms with van der Waals surface area (Å²) in [5, 5.41) is 6.23. The van der Waals surface area contributed by atoms with E-state index in [1.54, 1.807) is 24.3 Å². The summed E-state index contributed by atoms with van der Waals surface area (Å²) < 4.78 is 16.5. The summed E-state index contributed by atoms with van der Waals surface area (Å²) in [6.07, 6.45) is 4.01. The highest BCUT2D eigenvalue weighted by molar-refractivity contribution is 9.11. The van der Waals surface area contributed by atoms with Crippen LogP contribution in [0.25, 0.3) is 0 Å². The lowest BCUT2D eigenvalue weighted by molar-refractivity contribution is -0.120. The minimum atomic E-state index is -0.692. The molecule has 0 atom stereocenters. The molecule has 2 aromatic heterocycles. The van der Waals surface area contributed by atoms with Crippen molar-refractivity contribution in [1.29, 1.82) is 0 Å². The molecule has 0 aliphatic rings. The van der Waals surface area contributed by atoms with Gasteiger partial charge in [0.05, 0.1) is 29.8 Å².